The van der Waals surface area contributed by atoms with E-state index >= 15 is 0 Å². The van der Waals surface area contributed by atoms with Gasteiger partial charge in [-0.25, -0.2) is 0 Å². The second kappa shape index (κ2) is 5.20. The number of benzene rings is 1. The van der Waals surface area contributed by atoms with Gasteiger partial charge in [-0.1, -0.05) is 43.2 Å². The van der Waals surface area contributed by atoms with E-state index in [1.54, 1.807) is 24.3 Å². The Balaban J connectivity index is 2.14. The number of rotatable bonds is 6. The molecule has 1 aromatic carbocycles. The van der Waals surface area contributed by atoms with Crippen LogP contribution in [0.3, 0.4) is 0 Å². The molecule has 0 bridgehead atoms. The highest BCUT2D eigenvalue weighted by molar-refractivity contribution is 7.86. The van der Waals surface area contributed by atoms with Gasteiger partial charge in [-0.05, 0) is 12.3 Å². The van der Waals surface area contributed by atoms with Gasteiger partial charge in [0.1, 0.15) is 6.10 Å². The minimum Gasteiger partial charge on any atom is -0.291 e. The maximum absolute atomic E-state index is 12.2. The molecule has 0 N–H and O–H groups in total. The molecule has 0 aliphatic heterocycles. The Kier molecular flexibility index (Phi) is 3.82. The minimum atomic E-state index is -3.62. The first-order valence-corrected chi connectivity index (χ1v) is 7.75. The van der Waals surface area contributed by atoms with Gasteiger partial charge in [0.2, 0.25) is 0 Å². The van der Waals surface area contributed by atoms with Crippen LogP contribution >= 0.6 is 0 Å². The van der Waals surface area contributed by atoms with Gasteiger partial charge in [-0.2, -0.15) is 8.42 Å². The summed E-state index contributed by atoms with van der Waals surface area (Å²) in [4.78, 5) is 12.2. The summed E-state index contributed by atoms with van der Waals surface area (Å²) < 4.78 is 27.3. The van der Waals surface area contributed by atoms with Crippen LogP contribution in [0.4, 0.5) is 0 Å². The highest BCUT2D eigenvalue weighted by Crippen LogP contribution is 2.35. The Morgan fingerprint density at radius 3 is 2.44 bits per heavy atom. The van der Waals surface area contributed by atoms with E-state index in [2.05, 4.69) is 0 Å². The van der Waals surface area contributed by atoms with E-state index in [1.807, 2.05) is 6.07 Å². The van der Waals surface area contributed by atoms with Gasteiger partial charge in [0.15, 0.2) is 5.78 Å². The lowest BCUT2D eigenvalue weighted by atomic mass is 10.0. The maximum atomic E-state index is 12.2. The molecule has 1 unspecified atom stereocenters. The van der Waals surface area contributed by atoms with Crippen LogP contribution in [0.15, 0.2) is 30.3 Å². The molecule has 2 rings (SSSR count). The first-order chi connectivity index (χ1) is 8.46. The van der Waals surface area contributed by atoms with Crippen LogP contribution in [0.5, 0.6) is 0 Å². The lowest BCUT2D eigenvalue weighted by molar-refractivity contribution is 0.0781. The van der Waals surface area contributed by atoms with Crippen molar-refractivity contribution in [1.82, 2.24) is 0 Å². The topological polar surface area (TPSA) is 60.4 Å². The second-order valence-electron chi connectivity index (χ2n) is 4.70. The summed E-state index contributed by atoms with van der Waals surface area (Å²) >= 11 is 0. The molecule has 0 amide bonds. The molecular weight excluding hydrogens is 252 g/mol. The molecule has 4 nitrogen and oxygen atoms in total. The predicted molar refractivity (Wildman–Crippen MR) is 67.8 cm³/mol. The molecular formula is C13H16O4S. The van der Waals surface area contributed by atoms with Crippen LogP contribution in [0.2, 0.25) is 0 Å². The van der Waals surface area contributed by atoms with Gasteiger partial charge >= 0.3 is 0 Å². The monoisotopic (exact) mass is 268 g/mol. The molecule has 0 radical (unpaired) electrons. The lowest BCUT2D eigenvalue weighted by Gasteiger charge is -2.14. The average molecular weight is 268 g/mol. The van der Waals surface area contributed by atoms with E-state index in [0.717, 1.165) is 19.1 Å². The van der Waals surface area contributed by atoms with Crippen molar-refractivity contribution >= 4 is 15.9 Å². The Morgan fingerprint density at radius 2 is 1.94 bits per heavy atom. The number of carbonyl (C=O) groups excluding carboxylic acids is 1. The third-order valence-electron chi connectivity index (χ3n) is 2.89. The van der Waals surface area contributed by atoms with Crippen molar-refractivity contribution in [2.24, 2.45) is 5.92 Å². The fourth-order valence-corrected chi connectivity index (χ4v) is 2.43. The fourth-order valence-electron chi connectivity index (χ4n) is 1.85. The molecule has 98 valence electrons. The molecule has 1 fully saturated rings. The Hall–Kier alpha value is -1.20. The van der Waals surface area contributed by atoms with Crippen molar-refractivity contribution in [3.8, 4) is 0 Å². The summed E-state index contributed by atoms with van der Waals surface area (Å²) in [5, 5.41) is 0. The predicted octanol–water partition coefficient (Wildman–Crippen LogP) is 2.01. The summed E-state index contributed by atoms with van der Waals surface area (Å²) in [6, 6.07) is 8.66. The van der Waals surface area contributed by atoms with Gasteiger partial charge in [0.05, 0.1) is 6.26 Å². The summed E-state index contributed by atoms with van der Waals surface area (Å²) in [5.74, 6) is 0.164. The number of Topliss-reactive ketones (excluding diaryl/α,β-unsaturated/α-hetero) is 1. The third-order valence-corrected chi connectivity index (χ3v) is 3.47. The van der Waals surface area contributed by atoms with Crippen LogP contribution < -0.4 is 0 Å². The highest BCUT2D eigenvalue weighted by atomic mass is 32.2. The van der Waals surface area contributed by atoms with Crippen molar-refractivity contribution in [2.45, 2.75) is 25.4 Å². The Bertz CT molecular complexity index is 517. The summed E-state index contributed by atoms with van der Waals surface area (Å²) in [5.41, 5.74) is 0.492. The molecule has 0 spiro atoms. The zero-order valence-corrected chi connectivity index (χ0v) is 11.0. The van der Waals surface area contributed by atoms with E-state index < -0.39 is 16.2 Å². The molecule has 18 heavy (non-hydrogen) atoms. The first-order valence-electron chi connectivity index (χ1n) is 5.93. The quantitative estimate of drug-likeness (QED) is 0.585. The molecule has 0 heterocycles. The summed E-state index contributed by atoms with van der Waals surface area (Å²) in [7, 11) is -3.62. The van der Waals surface area contributed by atoms with E-state index in [-0.39, 0.29) is 5.78 Å². The van der Waals surface area contributed by atoms with E-state index in [9.17, 15) is 13.2 Å². The largest absolute Gasteiger partial charge is 0.291 e. The Morgan fingerprint density at radius 1 is 1.33 bits per heavy atom. The SMILES string of the molecule is CS(=O)(=O)OC(CC1CC1)C(=O)c1ccccc1. The van der Waals surface area contributed by atoms with E-state index in [4.69, 9.17) is 4.18 Å². The number of ketones is 1. The smallest absolute Gasteiger partial charge is 0.265 e. The Labute approximate surface area is 107 Å². The van der Waals surface area contributed by atoms with Crippen molar-refractivity contribution < 1.29 is 17.4 Å². The van der Waals surface area contributed by atoms with Crippen molar-refractivity contribution in [1.29, 1.82) is 0 Å². The molecule has 0 saturated heterocycles. The zero-order valence-electron chi connectivity index (χ0n) is 10.2. The molecule has 1 aromatic rings. The van der Waals surface area contributed by atoms with Crippen LogP contribution in [-0.4, -0.2) is 26.6 Å². The summed E-state index contributed by atoms with van der Waals surface area (Å²) in [6.45, 7) is 0. The van der Waals surface area contributed by atoms with Gasteiger partial charge in [-0.15, -0.1) is 0 Å². The maximum Gasteiger partial charge on any atom is 0.265 e. The van der Waals surface area contributed by atoms with Crippen LogP contribution in [0.1, 0.15) is 29.6 Å². The fraction of sp³-hybridized carbons (Fsp3) is 0.462. The molecule has 5 heteroatoms. The van der Waals surface area contributed by atoms with Crippen molar-refractivity contribution in [3.63, 3.8) is 0 Å². The van der Waals surface area contributed by atoms with E-state index in [1.165, 1.54) is 0 Å². The molecule has 1 aliphatic carbocycles. The molecule has 0 aromatic heterocycles. The normalized spacial score (nSPS) is 17.4. The van der Waals surface area contributed by atoms with Gasteiger partial charge in [0.25, 0.3) is 10.1 Å². The highest BCUT2D eigenvalue weighted by Gasteiger charge is 2.32. The standard InChI is InChI=1S/C13H16O4S/c1-18(15,16)17-12(9-10-7-8-10)13(14)11-5-3-2-4-6-11/h2-6,10,12H,7-9H2,1H3. The van der Waals surface area contributed by atoms with E-state index in [0.29, 0.717) is 17.9 Å². The number of hydrogen-bond donors (Lipinski definition) is 0. The lowest BCUT2D eigenvalue weighted by Crippen LogP contribution is -2.27. The third kappa shape index (κ3) is 3.92. The minimum absolute atomic E-state index is 0.257. The van der Waals surface area contributed by atoms with Crippen molar-refractivity contribution in [2.75, 3.05) is 6.26 Å². The zero-order chi connectivity index (χ0) is 13.2. The second-order valence-corrected chi connectivity index (χ2v) is 6.30. The van der Waals surface area contributed by atoms with Crippen LogP contribution in [0, 0.1) is 5.92 Å². The van der Waals surface area contributed by atoms with Crippen LogP contribution in [-0.2, 0) is 14.3 Å². The average Bonchev–Trinajstić information content (AvgIpc) is 3.10. The van der Waals surface area contributed by atoms with Gasteiger partial charge in [-0.3, -0.25) is 8.98 Å². The van der Waals surface area contributed by atoms with Gasteiger partial charge < -0.3 is 0 Å². The van der Waals surface area contributed by atoms with Gasteiger partial charge in [0, 0.05) is 5.56 Å². The number of hydrogen-bond acceptors (Lipinski definition) is 4. The first kappa shape index (κ1) is 13.2. The number of carbonyl (C=O) groups is 1. The molecule has 1 saturated carbocycles. The molecule has 1 aliphatic rings. The van der Waals surface area contributed by atoms with Crippen LogP contribution in [0.25, 0.3) is 0 Å². The molecule has 1 atom stereocenters. The van der Waals surface area contributed by atoms with Crippen molar-refractivity contribution in [3.05, 3.63) is 35.9 Å². The summed E-state index contributed by atoms with van der Waals surface area (Å²) in [6.07, 6.45) is 2.68.